The van der Waals surface area contributed by atoms with Gasteiger partial charge in [-0.3, -0.25) is 0 Å². The van der Waals surface area contributed by atoms with Crippen LogP contribution in [0.4, 0.5) is 10.2 Å². The van der Waals surface area contributed by atoms with E-state index in [4.69, 9.17) is 4.74 Å². The Kier molecular flexibility index (Phi) is 5.16. The molecule has 1 aromatic carbocycles. The number of pyridine rings is 1. The minimum Gasteiger partial charge on any atom is -0.489 e. The molecule has 2 fully saturated rings. The van der Waals surface area contributed by atoms with Crippen molar-refractivity contribution in [3.8, 4) is 5.75 Å². The van der Waals surface area contributed by atoms with Crippen LogP contribution < -0.4 is 10.1 Å². The molecule has 0 saturated heterocycles. The molecule has 1 unspecified atom stereocenters. The summed E-state index contributed by atoms with van der Waals surface area (Å²) in [6.45, 7) is 6.50. The fourth-order valence-corrected chi connectivity index (χ4v) is 4.46. The second-order valence-electron chi connectivity index (χ2n) is 8.94. The van der Waals surface area contributed by atoms with E-state index < -0.39 is 0 Å². The molecule has 5 nitrogen and oxygen atoms in total. The summed E-state index contributed by atoms with van der Waals surface area (Å²) in [5, 5.41) is 3.51. The zero-order chi connectivity index (χ0) is 22.3. The van der Waals surface area contributed by atoms with Gasteiger partial charge in [0.05, 0.1) is 24.7 Å². The summed E-state index contributed by atoms with van der Waals surface area (Å²) in [6.07, 6.45) is 6.18. The lowest BCUT2D eigenvalue weighted by atomic mass is 9.91. The number of nitrogens with one attached hydrogen (secondary N) is 1. The molecule has 2 saturated carbocycles. The van der Waals surface area contributed by atoms with Crippen LogP contribution in [0.1, 0.15) is 41.9 Å². The van der Waals surface area contributed by atoms with E-state index in [2.05, 4.69) is 51.5 Å². The van der Waals surface area contributed by atoms with Crippen LogP contribution in [0.3, 0.4) is 0 Å². The predicted molar refractivity (Wildman–Crippen MR) is 122 cm³/mol. The zero-order valence-electron chi connectivity index (χ0n) is 18.7. The molecular formula is C26H27FN4O. The third kappa shape index (κ3) is 4.09. The van der Waals surface area contributed by atoms with E-state index in [1.807, 2.05) is 13.8 Å². The van der Waals surface area contributed by atoms with Gasteiger partial charge in [-0.05, 0) is 63.3 Å². The Morgan fingerprint density at radius 3 is 2.66 bits per heavy atom. The highest BCUT2D eigenvalue weighted by atomic mass is 19.1. The highest BCUT2D eigenvalue weighted by Gasteiger charge is 2.59. The summed E-state index contributed by atoms with van der Waals surface area (Å²) in [6, 6.07) is 11.8. The highest BCUT2D eigenvalue weighted by molar-refractivity contribution is 5.52. The zero-order valence-corrected chi connectivity index (χ0v) is 18.7. The number of anilines is 1. The second-order valence-corrected chi connectivity index (χ2v) is 8.94. The first-order chi connectivity index (χ1) is 15.4. The van der Waals surface area contributed by atoms with Gasteiger partial charge in [-0.25, -0.2) is 19.3 Å². The largest absolute Gasteiger partial charge is 0.489 e. The summed E-state index contributed by atoms with van der Waals surface area (Å²) in [5.41, 5.74) is 5.86. The van der Waals surface area contributed by atoms with Crippen LogP contribution >= 0.6 is 0 Å². The molecule has 32 heavy (non-hydrogen) atoms. The second kappa shape index (κ2) is 8.01. The lowest BCUT2D eigenvalue weighted by molar-refractivity contribution is 0.267. The van der Waals surface area contributed by atoms with Gasteiger partial charge in [0.15, 0.2) is 5.75 Å². The molecule has 3 aromatic rings. The maximum atomic E-state index is 13.3. The van der Waals surface area contributed by atoms with E-state index in [0.29, 0.717) is 18.3 Å². The van der Waals surface area contributed by atoms with Gasteiger partial charge in [0.25, 0.3) is 0 Å². The lowest BCUT2D eigenvalue weighted by Gasteiger charge is -2.22. The molecule has 2 atom stereocenters. The first-order valence-electron chi connectivity index (χ1n) is 11.1. The van der Waals surface area contributed by atoms with Crippen molar-refractivity contribution in [3.63, 3.8) is 0 Å². The van der Waals surface area contributed by atoms with Crippen molar-refractivity contribution in [2.24, 2.45) is 5.92 Å². The van der Waals surface area contributed by atoms with Crippen LogP contribution in [0, 0.1) is 32.5 Å². The Morgan fingerprint density at radius 1 is 1.12 bits per heavy atom. The Morgan fingerprint density at radius 2 is 1.97 bits per heavy atom. The Bertz CT molecular complexity index is 1180. The van der Waals surface area contributed by atoms with E-state index in [1.165, 1.54) is 34.7 Å². The van der Waals surface area contributed by atoms with Crippen molar-refractivity contribution in [1.29, 1.82) is 0 Å². The topological polar surface area (TPSA) is 59.9 Å². The number of aryl methyl sites for hydroxylation is 3. The SMILES string of the molecule is Cc1cccc([C@]2(COc3cnc(C)nc3C)CC2C(Nc2ccc(F)cn2)=C2CC2)c1. The number of halogens is 1. The van der Waals surface area contributed by atoms with Crippen LogP contribution in [0.25, 0.3) is 0 Å². The third-order valence-corrected chi connectivity index (χ3v) is 6.43. The average molecular weight is 431 g/mol. The fraction of sp³-hybridized carbons (Fsp3) is 0.346. The lowest BCUT2D eigenvalue weighted by Crippen LogP contribution is -2.23. The van der Waals surface area contributed by atoms with E-state index in [0.717, 1.165) is 36.5 Å². The molecule has 0 aliphatic heterocycles. The molecular weight excluding hydrogens is 403 g/mol. The molecule has 164 valence electrons. The minimum atomic E-state index is -0.333. The standard InChI is InChI=1S/C26H27FN4O/c1-16-5-4-6-20(11-16)26(15-32-23-14-28-18(3)30-17(23)2)12-22(26)25(19-7-8-19)31-24-10-9-21(27)13-29-24/h4-6,9-11,13-14,22H,7-8,12,15H2,1-3H3,(H,29,31)/t22?,26-/m1/s1. The molecule has 0 spiro atoms. The van der Waals surface area contributed by atoms with Gasteiger partial charge in [0.2, 0.25) is 0 Å². The van der Waals surface area contributed by atoms with Crippen molar-refractivity contribution in [2.45, 2.75) is 45.4 Å². The molecule has 2 heterocycles. The van der Waals surface area contributed by atoms with Crippen molar-refractivity contribution in [2.75, 3.05) is 11.9 Å². The van der Waals surface area contributed by atoms with Crippen molar-refractivity contribution >= 4 is 5.82 Å². The van der Waals surface area contributed by atoms with Gasteiger partial charge >= 0.3 is 0 Å². The summed E-state index contributed by atoms with van der Waals surface area (Å²) in [7, 11) is 0. The Labute approximate surface area is 187 Å². The molecule has 0 bridgehead atoms. The quantitative estimate of drug-likeness (QED) is 0.541. The maximum Gasteiger partial charge on any atom is 0.158 e. The third-order valence-electron chi connectivity index (χ3n) is 6.43. The number of benzene rings is 1. The molecule has 6 heteroatoms. The van der Waals surface area contributed by atoms with E-state index in [1.54, 1.807) is 12.3 Å². The number of rotatable bonds is 7. The summed E-state index contributed by atoms with van der Waals surface area (Å²) >= 11 is 0. The smallest absolute Gasteiger partial charge is 0.158 e. The number of aromatic nitrogens is 3. The first kappa shape index (κ1) is 20.6. The molecule has 2 aliphatic rings. The highest BCUT2D eigenvalue weighted by Crippen LogP contribution is 2.60. The molecule has 2 aliphatic carbocycles. The van der Waals surface area contributed by atoms with Gasteiger partial charge in [0, 0.05) is 17.0 Å². The molecule has 0 radical (unpaired) electrons. The number of hydrogen-bond donors (Lipinski definition) is 1. The monoisotopic (exact) mass is 430 g/mol. The van der Waals surface area contributed by atoms with E-state index >= 15 is 0 Å². The van der Waals surface area contributed by atoms with Crippen LogP contribution in [-0.2, 0) is 5.41 Å². The minimum absolute atomic E-state index is 0.138. The van der Waals surface area contributed by atoms with Crippen molar-refractivity contribution < 1.29 is 9.13 Å². The van der Waals surface area contributed by atoms with Crippen LogP contribution in [0.5, 0.6) is 5.75 Å². The van der Waals surface area contributed by atoms with Crippen molar-refractivity contribution in [1.82, 2.24) is 15.0 Å². The summed E-state index contributed by atoms with van der Waals surface area (Å²) < 4.78 is 19.7. The number of ether oxygens (including phenoxy) is 1. The van der Waals surface area contributed by atoms with E-state index in [9.17, 15) is 4.39 Å². The predicted octanol–water partition coefficient (Wildman–Crippen LogP) is 5.43. The van der Waals surface area contributed by atoms with Gasteiger partial charge in [-0.2, -0.15) is 0 Å². The summed E-state index contributed by atoms with van der Waals surface area (Å²) in [5.74, 6) is 2.10. The number of allylic oxidation sites excluding steroid dienone is 2. The van der Waals surface area contributed by atoms with Gasteiger partial charge < -0.3 is 10.1 Å². The average Bonchev–Trinajstić information content (AvgIpc) is 3.69. The van der Waals surface area contributed by atoms with Crippen LogP contribution in [0.15, 0.2) is 60.1 Å². The summed E-state index contributed by atoms with van der Waals surface area (Å²) in [4.78, 5) is 13.0. The Balaban J connectivity index is 1.45. The van der Waals surface area contributed by atoms with Crippen LogP contribution in [0.2, 0.25) is 0 Å². The van der Waals surface area contributed by atoms with Gasteiger partial charge in [-0.1, -0.05) is 29.8 Å². The van der Waals surface area contributed by atoms with Gasteiger partial charge in [0.1, 0.15) is 17.5 Å². The van der Waals surface area contributed by atoms with E-state index in [-0.39, 0.29) is 11.2 Å². The maximum absolute atomic E-state index is 13.3. The van der Waals surface area contributed by atoms with Crippen LogP contribution in [-0.4, -0.2) is 21.6 Å². The normalized spacial score (nSPS) is 21.2. The number of hydrogen-bond acceptors (Lipinski definition) is 5. The first-order valence-corrected chi connectivity index (χ1v) is 11.1. The molecule has 0 amide bonds. The Hall–Kier alpha value is -3.28. The fourth-order valence-electron chi connectivity index (χ4n) is 4.46. The molecule has 1 N–H and O–H groups in total. The van der Waals surface area contributed by atoms with Gasteiger partial charge in [-0.15, -0.1) is 0 Å². The molecule has 5 rings (SSSR count). The number of nitrogens with zero attached hydrogens (tertiary/aromatic N) is 3. The molecule has 2 aromatic heterocycles. The van der Waals surface area contributed by atoms with Crippen molar-refractivity contribution in [3.05, 3.63) is 88.5 Å².